The molecule has 20 heteroatoms. The number of hydrogen-bond donors (Lipinski definition) is 4. The number of fused-ring (bicyclic) bond motifs is 1. The second-order valence-corrected chi connectivity index (χ2v) is 17.2. The van der Waals surface area contributed by atoms with Crippen LogP contribution >= 0.6 is 15.9 Å². The number of nitrogens with one attached hydrogen (secondary N) is 4. The molecule has 2 saturated heterocycles. The fourth-order valence-electron chi connectivity index (χ4n) is 6.65. The monoisotopic (exact) mass is 869 g/mol. The number of sulfonamides is 1. The van der Waals surface area contributed by atoms with Crippen LogP contribution in [-0.2, 0) is 19.6 Å². The third-order valence-corrected chi connectivity index (χ3v) is 10.4. The maximum Gasteiger partial charge on any atom is 0.410 e. The third kappa shape index (κ3) is 10.3. The van der Waals surface area contributed by atoms with Crippen LogP contribution in [0.4, 0.5) is 49.4 Å². The first-order chi connectivity index (χ1) is 27.0. The number of rotatable bonds is 11. The number of amides is 2. The highest BCUT2D eigenvalue weighted by Gasteiger charge is 2.32. The molecule has 2 aromatic carbocycles. The summed E-state index contributed by atoms with van der Waals surface area (Å²) in [7, 11) is -2.20. The Morgan fingerprint density at radius 3 is 2.32 bits per heavy atom. The number of halogens is 2. The topological polar surface area (TPSA) is 196 Å². The van der Waals surface area contributed by atoms with Gasteiger partial charge in [-0.1, -0.05) is 6.58 Å². The average Bonchev–Trinajstić information content (AvgIpc) is 3.16. The smallest absolute Gasteiger partial charge is 0.410 e. The normalized spacial score (nSPS) is 15.6. The number of carbonyl (C=O) groups excluding carboxylic acids is 2. The molecule has 57 heavy (non-hydrogen) atoms. The molecule has 4 heterocycles. The molecule has 0 radical (unpaired) electrons. The molecule has 304 valence electrons. The molecule has 2 fully saturated rings. The molecule has 17 nitrogen and oxygen atoms in total. The van der Waals surface area contributed by atoms with Crippen LogP contribution in [0.2, 0.25) is 0 Å². The molecule has 0 aliphatic carbocycles. The van der Waals surface area contributed by atoms with Crippen LogP contribution in [0.25, 0.3) is 11.0 Å². The largest absolute Gasteiger partial charge is 0.494 e. The van der Waals surface area contributed by atoms with E-state index in [-0.39, 0.29) is 23.5 Å². The minimum Gasteiger partial charge on any atom is -0.494 e. The Morgan fingerprint density at radius 2 is 1.67 bits per heavy atom. The maximum atomic E-state index is 14.1. The predicted octanol–water partition coefficient (Wildman–Crippen LogP) is 5.99. The Labute approximate surface area is 338 Å². The van der Waals surface area contributed by atoms with E-state index in [1.165, 1.54) is 25.7 Å². The molecule has 0 saturated carbocycles. The van der Waals surface area contributed by atoms with Crippen LogP contribution in [0.15, 0.2) is 59.7 Å². The van der Waals surface area contributed by atoms with Gasteiger partial charge in [0.1, 0.15) is 22.7 Å². The van der Waals surface area contributed by atoms with E-state index in [1.807, 2.05) is 20.8 Å². The van der Waals surface area contributed by atoms with Crippen molar-refractivity contribution < 1.29 is 31.9 Å². The molecular formula is C37H45BrFN11O6S. The quantitative estimate of drug-likeness (QED) is 0.128. The first-order valence-electron chi connectivity index (χ1n) is 18.1. The van der Waals surface area contributed by atoms with Crippen molar-refractivity contribution in [1.29, 1.82) is 0 Å². The van der Waals surface area contributed by atoms with E-state index in [0.717, 1.165) is 32.2 Å². The summed E-state index contributed by atoms with van der Waals surface area (Å²) in [4.78, 5) is 49.1. The summed E-state index contributed by atoms with van der Waals surface area (Å²) in [6, 6.07) is 7.02. The number of ether oxygens (including phenoxy) is 2. The van der Waals surface area contributed by atoms with Gasteiger partial charge in [0.05, 0.1) is 51.8 Å². The Bertz CT molecular complexity index is 2280. The van der Waals surface area contributed by atoms with Crippen molar-refractivity contribution in [3.05, 3.63) is 59.7 Å². The predicted molar refractivity (Wildman–Crippen MR) is 221 cm³/mol. The summed E-state index contributed by atoms with van der Waals surface area (Å²) in [5.41, 5.74) is 2.10. The molecule has 4 N–H and O–H groups in total. The van der Waals surface area contributed by atoms with E-state index < -0.39 is 27.4 Å². The van der Waals surface area contributed by atoms with Gasteiger partial charge in [-0.25, -0.2) is 22.6 Å². The number of benzene rings is 2. The molecule has 0 spiro atoms. The van der Waals surface area contributed by atoms with Gasteiger partial charge in [0.15, 0.2) is 5.83 Å². The molecule has 0 unspecified atom stereocenters. The number of carbonyl (C=O) groups is 2. The summed E-state index contributed by atoms with van der Waals surface area (Å²) in [6.07, 6.45) is 6.86. The minimum atomic E-state index is -3.71. The maximum absolute atomic E-state index is 14.1. The van der Waals surface area contributed by atoms with Gasteiger partial charge in [-0.3, -0.25) is 24.4 Å². The lowest BCUT2D eigenvalue weighted by Gasteiger charge is -2.43. The van der Waals surface area contributed by atoms with Crippen molar-refractivity contribution in [3.8, 4) is 5.75 Å². The zero-order valence-electron chi connectivity index (χ0n) is 32.2. The second-order valence-electron chi connectivity index (χ2n) is 14.6. The lowest BCUT2D eigenvalue weighted by Crippen LogP contribution is -2.55. The van der Waals surface area contributed by atoms with E-state index in [4.69, 9.17) is 9.47 Å². The number of hydrogen-bond acceptors (Lipinski definition) is 14. The summed E-state index contributed by atoms with van der Waals surface area (Å²) >= 11 is 3.46. The first-order valence-corrected chi connectivity index (χ1v) is 20.8. The van der Waals surface area contributed by atoms with Crippen molar-refractivity contribution in [1.82, 2.24) is 29.7 Å². The molecule has 2 amide bonds. The lowest BCUT2D eigenvalue weighted by atomic mass is 10.0. The van der Waals surface area contributed by atoms with Crippen molar-refractivity contribution in [2.45, 2.75) is 45.3 Å². The van der Waals surface area contributed by atoms with E-state index in [0.29, 0.717) is 76.2 Å². The summed E-state index contributed by atoms with van der Waals surface area (Å²) in [6.45, 7) is 12.7. The summed E-state index contributed by atoms with van der Waals surface area (Å²) in [5.74, 6) is -1.35. The summed E-state index contributed by atoms with van der Waals surface area (Å²) in [5, 5.41) is 8.93. The van der Waals surface area contributed by atoms with Crippen molar-refractivity contribution in [3.63, 3.8) is 0 Å². The molecule has 2 aliphatic heterocycles. The molecular weight excluding hydrogens is 825 g/mol. The average molecular weight is 871 g/mol. The fourth-order valence-corrected chi connectivity index (χ4v) is 7.52. The number of nitrogens with zero attached hydrogens (tertiary/aromatic N) is 7. The van der Waals surface area contributed by atoms with Gasteiger partial charge >= 0.3 is 6.09 Å². The van der Waals surface area contributed by atoms with Crippen molar-refractivity contribution in [2.24, 2.45) is 0 Å². The van der Waals surface area contributed by atoms with Gasteiger partial charge in [0.25, 0.3) is 5.91 Å². The van der Waals surface area contributed by atoms with E-state index in [9.17, 15) is 22.4 Å². The lowest BCUT2D eigenvalue weighted by molar-refractivity contribution is -0.114. The van der Waals surface area contributed by atoms with Crippen LogP contribution in [-0.4, -0.2) is 114 Å². The van der Waals surface area contributed by atoms with Crippen LogP contribution in [0.3, 0.4) is 0 Å². The first kappa shape index (κ1) is 41.3. The van der Waals surface area contributed by atoms with Gasteiger partial charge in [0.2, 0.25) is 16.0 Å². The van der Waals surface area contributed by atoms with E-state index >= 15 is 0 Å². The molecule has 2 aromatic heterocycles. The standard InChI is InChI=1S/C37H45BrFN11O6S/c1-22(39)34(51)44-27-19-28(30(55-5)20-29(27)49-13-9-23(10-14-49)48-15-17-50(18-16-48)36(52)56-37(2,3)4)45-35-42-21-24(38)33(46-35)43-26-8-7-25-31(41-12-11-40-25)32(26)47-57(6,53)54/h7-8,11-12,19-21,23,47H,1,9-10,13-18H2,2-6H3,(H,44,51)(H2,42,43,45,46). The van der Waals surface area contributed by atoms with E-state index in [2.05, 4.69) is 72.9 Å². The van der Waals surface area contributed by atoms with Gasteiger partial charge in [-0.15, -0.1) is 0 Å². The number of piperidine rings is 1. The molecule has 2 aliphatic rings. The van der Waals surface area contributed by atoms with Crippen LogP contribution in [0.5, 0.6) is 5.75 Å². The van der Waals surface area contributed by atoms with Crippen molar-refractivity contribution in [2.75, 3.05) is 78.2 Å². The fraction of sp³-hybridized carbons (Fsp3) is 0.405. The molecule has 0 atom stereocenters. The Morgan fingerprint density at radius 1 is 0.965 bits per heavy atom. The van der Waals surface area contributed by atoms with Gasteiger partial charge in [0, 0.05) is 70.0 Å². The molecule has 0 bridgehead atoms. The van der Waals surface area contributed by atoms with Gasteiger partial charge in [-0.2, -0.15) is 4.98 Å². The Balaban J connectivity index is 1.21. The number of anilines is 7. The Hall–Kier alpha value is -5.34. The highest BCUT2D eigenvalue weighted by atomic mass is 79.9. The van der Waals surface area contributed by atoms with E-state index in [1.54, 1.807) is 29.2 Å². The molecule has 4 aromatic rings. The Kier molecular flexibility index (Phi) is 12.3. The van der Waals surface area contributed by atoms with Crippen LogP contribution in [0.1, 0.15) is 33.6 Å². The van der Waals surface area contributed by atoms with Crippen LogP contribution in [0, 0.1) is 0 Å². The summed E-state index contributed by atoms with van der Waals surface area (Å²) < 4.78 is 53.0. The van der Waals surface area contributed by atoms with Crippen molar-refractivity contribution >= 4 is 89.2 Å². The third-order valence-electron chi connectivity index (χ3n) is 9.27. The molecule has 6 rings (SSSR count). The zero-order chi connectivity index (χ0) is 41.1. The minimum absolute atomic E-state index is 0.115. The van der Waals surface area contributed by atoms with Gasteiger partial charge in [-0.05, 0) is 67.7 Å². The number of aromatic nitrogens is 4. The zero-order valence-corrected chi connectivity index (χ0v) is 34.6. The second kappa shape index (κ2) is 17.0. The highest BCUT2D eigenvalue weighted by Crippen LogP contribution is 2.40. The van der Waals surface area contributed by atoms with Gasteiger partial charge < -0.3 is 35.2 Å². The SMILES string of the molecule is C=C(F)C(=O)Nc1cc(Nc2ncc(Br)c(Nc3ccc4nccnc4c3NS(C)(=O)=O)n2)c(OC)cc1N1CCC(N2CCN(C(=O)OC(C)(C)C)CC2)CC1. The highest BCUT2D eigenvalue weighted by molar-refractivity contribution is 9.10. The van der Waals surface area contributed by atoms with Crippen LogP contribution < -0.4 is 30.3 Å². The number of methoxy groups -OCH3 is 1. The number of piperazine rings is 1.